The summed E-state index contributed by atoms with van der Waals surface area (Å²) in [4.78, 5) is 38.9. The molecular formula is C26H20Cl3N3O3. The maximum Gasteiger partial charge on any atom is 0.278 e. The molecule has 0 unspecified atom stereocenters. The molecule has 9 heteroatoms. The van der Waals surface area contributed by atoms with Crippen molar-refractivity contribution < 1.29 is 14.4 Å². The van der Waals surface area contributed by atoms with Gasteiger partial charge in [0.15, 0.2) is 0 Å². The Morgan fingerprint density at radius 2 is 1.51 bits per heavy atom. The van der Waals surface area contributed by atoms with E-state index >= 15 is 0 Å². The summed E-state index contributed by atoms with van der Waals surface area (Å²) in [5.74, 6) is -1.33. The van der Waals surface area contributed by atoms with Gasteiger partial charge in [-0.3, -0.25) is 19.3 Å². The molecule has 1 aliphatic rings. The SMILES string of the molecule is Cc1ccc(NC(=O)c2ccc(CNC3=C(Cl)C(=O)N(Cc4ccc(Cl)cc4)C3=O)cc2)cc1Cl. The Hall–Kier alpha value is -3.32. The number of carbonyl (C=O) groups is 3. The maximum absolute atomic E-state index is 12.8. The number of rotatable bonds is 7. The zero-order chi connectivity index (χ0) is 25.1. The number of hydrogen-bond donors (Lipinski definition) is 2. The molecule has 178 valence electrons. The lowest BCUT2D eigenvalue weighted by atomic mass is 10.1. The van der Waals surface area contributed by atoms with Crippen LogP contribution >= 0.6 is 34.8 Å². The Morgan fingerprint density at radius 1 is 0.857 bits per heavy atom. The van der Waals surface area contributed by atoms with Crippen LogP contribution in [-0.2, 0) is 22.7 Å². The minimum atomic E-state index is -0.558. The third-order valence-electron chi connectivity index (χ3n) is 5.48. The van der Waals surface area contributed by atoms with Gasteiger partial charge in [0.1, 0.15) is 10.7 Å². The lowest BCUT2D eigenvalue weighted by Crippen LogP contribution is -2.33. The van der Waals surface area contributed by atoms with Crippen molar-refractivity contribution in [2.24, 2.45) is 0 Å². The van der Waals surface area contributed by atoms with Gasteiger partial charge in [0.25, 0.3) is 17.7 Å². The second-order valence-corrected chi connectivity index (χ2v) is 9.20. The summed E-state index contributed by atoms with van der Waals surface area (Å²) >= 11 is 18.2. The fraction of sp³-hybridized carbons (Fsp3) is 0.115. The first-order chi connectivity index (χ1) is 16.7. The smallest absolute Gasteiger partial charge is 0.278 e. The number of carbonyl (C=O) groups excluding carboxylic acids is 3. The number of imide groups is 1. The van der Waals surface area contributed by atoms with Crippen LogP contribution in [0.15, 0.2) is 77.5 Å². The predicted molar refractivity (Wildman–Crippen MR) is 137 cm³/mol. The van der Waals surface area contributed by atoms with Gasteiger partial charge < -0.3 is 10.6 Å². The zero-order valence-corrected chi connectivity index (χ0v) is 20.8. The van der Waals surface area contributed by atoms with Gasteiger partial charge in [-0.1, -0.05) is 65.1 Å². The molecule has 3 amide bonds. The average Bonchev–Trinajstić information content (AvgIpc) is 3.04. The number of amides is 3. The highest BCUT2D eigenvalue weighted by molar-refractivity contribution is 6.47. The second-order valence-electron chi connectivity index (χ2n) is 7.98. The average molecular weight is 529 g/mol. The molecule has 0 atom stereocenters. The predicted octanol–water partition coefficient (Wildman–Crippen LogP) is 5.66. The van der Waals surface area contributed by atoms with Crippen LogP contribution in [0.1, 0.15) is 27.0 Å². The Kier molecular flexibility index (Phi) is 7.45. The fourth-order valence-electron chi connectivity index (χ4n) is 3.45. The van der Waals surface area contributed by atoms with E-state index in [-0.39, 0.29) is 29.7 Å². The van der Waals surface area contributed by atoms with Crippen LogP contribution in [0.4, 0.5) is 5.69 Å². The summed E-state index contributed by atoms with van der Waals surface area (Å²) in [5.41, 5.74) is 3.59. The Bertz CT molecular complexity index is 1340. The molecule has 1 heterocycles. The van der Waals surface area contributed by atoms with Crippen molar-refractivity contribution in [3.63, 3.8) is 0 Å². The highest BCUT2D eigenvalue weighted by atomic mass is 35.5. The van der Waals surface area contributed by atoms with E-state index in [9.17, 15) is 14.4 Å². The van der Waals surface area contributed by atoms with Gasteiger partial charge >= 0.3 is 0 Å². The van der Waals surface area contributed by atoms with E-state index in [4.69, 9.17) is 34.8 Å². The van der Waals surface area contributed by atoms with Crippen LogP contribution in [0, 0.1) is 6.92 Å². The first-order valence-electron chi connectivity index (χ1n) is 10.6. The van der Waals surface area contributed by atoms with Gasteiger partial charge in [0, 0.05) is 27.8 Å². The number of anilines is 1. The molecule has 35 heavy (non-hydrogen) atoms. The number of halogens is 3. The van der Waals surface area contributed by atoms with Crippen molar-refractivity contribution in [3.05, 3.63) is 110 Å². The minimum Gasteiger partial charge on any atom is -0.375 e. The van der Waals surface area contributed by atoms with Gasteiger partial charge in [-0.2, -0.15) is 0 Å². The largest absolute Gasteiger partial charge is 0.375 e. The van der Waals surface area contributed by atoms with Gasteiger partial charge in [-0.05, 0) is 60.0 Å². The summed E-state index contributed by atoms with van der Waals surface area (Å²) in [7, 11) is 0. The molecule has 0 bridgehead atoms. The molecule has 0 radical (unpaired) electrons. The first-order valence-corrected chi connectivity index (χ1v) is 11.8. The van der Waals surface area contributed by atoms with Crippen LogP contribution < -0.4 is 10.6 Å². The molecule has 3 aromatic rings. The van der Waals surface area contributed by atoms with Crippen molar-refractivity contribution in [1.29, 1.82) is 0 Å². The number of hydrogen-bond acceptors (Lipinski definition) is 4. The zero-order valence-electron chi connectivity index (χ0n) is 18.6. The van der Waals surface area contributed by atoms with E-state index in [1.807, 2.05) is 13.0 Å². The van der Waals surface area contributed by atoms with Gasteiger partial charge in [-0.15, -0.1) is 0 Å². The lowest BCUT2D eigenvalue weighted by Gasteiger charge is -2.15. The van der Waals surface area contributed by atoms with Crippen LogP contribution in [0.2, 0.25) is 10.0 Å². The van der Waals surface area contributed by atoms with E-state index in [0.717, 1.165) is 21.6 Å². The van der Waals surface area contributed by atoms with Gasteiger partial charge in [0.05, 0.1) is 6.54 Å². The summed E-state index contributed by atoms with van der Waals surface area (Å²) in [5, 5.41) is 6.74. The number of nitrogens with one attached hydrogen (secondary N) is 2. The third kappa shape index (κ3) is 5.68. The highest BCUT2D eigenvalue weighted by Gasteiger charge is 2.37. The molecule has 0 spiro atoms. The molecule has 6 nitrogen and oxygen atoms in total. The highest BCUT2D eigenvalue weighted by Crippen LogP contribution is 2.25. The summed E-state index contributed by atoms with van der Waals surface area (Å²) in [6.07, 6.45) is 0. The number of benzene rings is 3. The van der Waals surface area contributed by atoms with Crippen LogP contribution in [0.3, 0.4) is 0 Å². The molecule has 0 aromatic heterocycles. The molecule has 1 aliphatic heterocycles. The maximum atomic E-state index is 12.8. The van der Waals surface area contributed by atoms with E-state index in [1.165, 1.54) is 0 Å². The normalized spacial score (nSPS) is 13.4. The quantitative estimate of drug-likeness (QED) is 0.388. The number of aryl methyl sites for hydroxylation is 1. The molecule has 0 aliphatic carbocycles. The van der Waals surface area contributed by atoms with Crippen molar-refractivity contribution in [1.82, 2.24) is 10.2 Å². The van der Waals surface area contributed by atoms with Crippen molar-refractivity contribution >= 4 is 58.2 Å². The molecule has 0 fully saturated rings. The Labute approximate surface area is 217 Å². The van der Waals surface area contributed by atoms with Crippen LogP contribution in [-0.4, -0.2) is 22.6 Å². The van der Waals surface area contributed by atoms with Crippen molar-refractivity contribution in [3.8, 4) is 0 Å². The molecule has 2 N–H and O–H groups in total. The lowest BCUT2D eigenvalue weighted by molar-refractivity contribution is -0.138. The Balaban J connectivity index is 1.37. The summed E-state index contributed by atoms with van der Waals surface area (Å²) in [6.45, 7) is 2.22. The van der Waals surface area contributed by atoms with Crippen molar-refractivity contribution in [2.45, 2.75) is 20.0 Å². The monoisotopic (exact) mass is 527 g/mol. The summed E-state index contributed by atoms with van der Waals surface area (Å²) in [6, 6.07) is 19.0. The molecule has 0 saturated heterocycles. The molecule has 4 rings (SSSR count). The third-order valence-corrected chi connectivity index (χ3v) is 6.49. The fourth-order valence-corrected chi connectivity index (χ4v) is 4.01. The van der Waals surface area contributed by atoms with Crippen molar-refractivity contribution in [2.75, 3.05) is 5.32 Å². The molecular weight excluding hydrogens is 509 g/mol. The van der Waals surface area contributed by atoms with E-state index in [2.05, 4.69) is 10.6 Å². The summed E-state index contributed by atoms with van der Waals surface area (Å²) < 4.78 is 0. The van der Waals surface area contributed by atoms with Gasteiger partial charge in [0.2, 0.25) is 0 Å². The topological polar surface area (TPSA) is 78.5 Å². The van der Waals surface area contributed by atoms with Gasteiger partial charge in [-0.25, -0.2) is 0 Å². The Morgan fingerprint density at radius 3 is 2.17 bits per heavy atom. The first kappa shape index (κ1) is 24.8. The molecule has 3 aromatic carbocycles. The minimum absolute atomic E-state index is 0.0451. The van der Waals surface area contributed by atoms with E-state index in [0.29, 0.717) is 21.3 Å². The second kappa shape index (κ2) is 10.5. The van der Waals surface area contributed by atoms with Crippen LogP contribution in [0.25, 0.3) is 0 Å². The van der Waals surface area contributed by atoms with E-state index < -0.39 is 11.8 Å². The van der Waals surface area contributed by atoms with Crippen LogP contribution in [0.5, 0.6) is 0 Å². The standard InChI is InChI=1S/C26H20Cl3N3O3/c1-15-2-11-20(12-21(15)28)31-24(33)18-7-3-16(4-8-18)13-30-23-22(29)25(34)32(26(23)35)14-17-5-9-19(27)10-6-17/h2-12,30H,13-14H2,1H3,(H,31,33). The van der Waals surface area contributed by atoms with E-state index in [1.54, 1.807) is 60.7 Å². The number of nitrogens with zero attached hydrogens (tertiary/aromatic N) is 1. The molecule has 0 saturated carbocycles.